The van der Waals surface area contributed by atoms with Gasteiger partial charge in [0.2, 0.25) is 6.17 Å². The Kier molecular flexibility index (Phi) is 5.55. The van der Waals surface area contributed by atoms with E-state index < -0.39 is 18.2 Å². The molecule has 0 spiro atoms. The van der Waals surface area contributed by atoms with Gasteiger partial charge in [-0.2, -0.15) is 0 Å². The Morgan fingerprint density at radius 3 is 2.72 bits per heavy atom. The summed E-state index contributed by atoms with van der Waals surface area (Å²) < 4.78 is 24.0. The minimum absolute atomic E-state index is 0.123. The highest BCUT2D eigenvalue weighted by atomic mass is 79.9. The second-order valence-corrected chi connectivity index (χ2v) is 4.43. The van der Waals surface area contributed by atoms with E-state index in [-0.39, 0.29) is 6.61 Å². The molecule has 1 unspecified atom stereocenters. The van der Waals surface area contributed by atoms with Gasteiger partial charge in [0.1, 0.15) is 5.75 Å². The van der Waals surface area contributed by atoms with Gasteiger partial charge in [-0.3, -0.25) is 0 Å². The highest BCUT2D eigenvalue weighted by molar-refractivity contribution is 9.10. The second kappa shape index (κ2) is 6.70. The summed E-state index contributed by atoms with van der Waals surface area (Å²) in [4.78, 5) is 11.3. The number of rotatable bonds is 5. The number of hydrogen-bond donors (Lipinski definition) is 1. The number of alkyl halides is 1. The molecule has 0 aromatic heterocycles. The average molecular weight is 320 g/mol. The minimum Gasteiger partial charge on any atom is -0.496 e. The van der Waals surface area contributed by atoms with Crippen LogP contribution in [0.15, 0.2) is 22.7 Å². The molecule has 0 fully saturated rings. The van der Waals surface area contributed by atoms with Crippen LogP contribution in [0.1, 0.15) is 18.5 Å². The quantitative estimate of drug-likeness (QED) is 0.846. The summed E-state index contributed by atoms with van der Waals surface area (Å²) in [5.41, 5.74) is 6.18. The van der Waals surface area contributed by atoms with E-state index in [1.807, 2.05) is 0 Å². The standard InChI is InChI=1S/C12H15BrFNO3/c1-3-18-12(16)10(14)11(15)7-4-5-9(17-2)8(13)6-7/h4-6,10-11H,3,15H2,1-2H3/t10?,11-/m1/s1. The Morgan fingerprint density at radius 2 is 2.22 bits per heavy atom. The average Bonchev–Trinajstić information content (AvgIpc) is 2.37. The number of carbonyl (C=O) groups is 1. The van der Waals surface area contributed by atoms with Crippen LogP contribution in [0.2, 0.25) is 0 Å². The number of nitrogens with two attached hydrogens (primary N) is 1. The predicted molar refractivity (Wildman–Crippen MR) is 69.2 cm³/mol. The van der Waals surface area contributed by atoms with Crippen LogP contribution in [0.4, 0.5) is 4.39 Å². The molecule has 0 aliphatic rings. The fourth-order valence-corrected chi connectivity index (χ4v) is 1.99. The summed E-state index contributed by atoms with van der Waals surface area (Å²) in [6.07, 6.45) is -1.88. The Labute approximate surface area is 113 Å². The fraction of sp³-hybridized carbons (Fsp3) is 0.417. The first-order valence-corrected chi connectivity index (χ1v) is 6.20. The van der Waals surface area contributed by atoms with E-state index in [0.717, 1.165) is 0 Å². The van der Waals surface area contributed by atoms with E-state index >= 15 is 0 Å². The van der Waals surface area contributed by atoms with Gasteiger partial charge in [0.15, 0.2) is 0 Å². The number of halogens is 2. The summed E-state index contributed by atoms with van der Waals surface area (Å²) in [5.74, 6) is -0.338. The Bertz CT molecular complexity index is 428. The lowest BCUT2D eigenvalue weighted by molar-refractivity contribution is -0.149. The van der Waals surface area contributed by atoms with E-state index in [4.69, 9.17) is 10.5 Å². The molecule has 2 atom stereocenters. The van der Waals surface area contributed by atoms with Crippen molar-refractivity contribution in [3.8, 4) is 5.75 Å². The van der Waals surface area contributed by atoms with Crippen LogP contribution in [0.25, 0.3) is 0 Å². The summed E-state index contributed by atoms with van der Waals surface area (Å²) >= 11 is 3.27. The number of esters is 1. The Balaban J connectivity index is 2.86. The molecule has 0 aliphatic heterocycles. The zero-order valence-corrected chi connectivity index (χ0v) is 11.7. The van der Waals surface area contributed by atoms with Gasteiger partial charge in [0.05, 0.1) is 24.2 Å². The number of carbonyl (C=O) groups excluding carboxylic acids is 1. The number of methoxy groups -OCH3 is 1. The molecular formula is C12H15BrFNO3. The summed E-state index contributed by atoms with van der Waals surface area (Å²) in [6, 6.07) is 3.82. The first-order valence-electron chi connectivity index (χ1n) is 5.41. The Hall–Kier alpha value is -1.14. The van der Waals surface area contributed by atoms with Crippen LogP contribution in [-0.4, -0.2) is 25.9 Å². The minimum atomic E-state index is -1.88. The van der Waals surface area contributed by atoms with Gasteiger partial charge < -0.3 is 15.2 Å². The molecule has 0 saturated heterocycles. The zero-order valence-electron chi connectivity index (χ0n) is 10.2. The van der Waals surface area contributed by atoms with Crippen LogP contribution in [-0.2, 0) is 9.53 Å². The van der Waals surface area contributed by atoms with Crippen molar-refractivity contribution in [1.29, 1.82) is 0 Å². The van der Waals surface area contributed by atoms with Crippen LogP contribution < -0.4 is 10.5 Å². The molecule has 0 heterocycles. The van der Waals surface area contributed by atoms with Crippen molar-refractivity contribution in [3.63, 3.8) is 0 Å². The monoisotopic (exact) mass is 319 g/mol. The van der Waals surface area contributed by atoms with Crippen molar-refractivity contribution in [2.45, 2.75) is 19.1 Å². The summed E-state index contributed by atoms with van der Waals surface area (Å²) in [5, 5.41) is 0. The van der Waals surface area contributed by atoms with Gasteiger partial charge in [-0.1, -0.05) is 6.07 Å². The molecule has 0 radical (unpaired) electrons. The van der Waals surface area contributed by atoms with Crippen molar-refractivity contribution < 1.29 is 18.7 Å². The van der Waals surface area contributed by atoms with Crippen molar-refractivity contribution in [2.24, 2.45) is 5.73 Å². The zero-order chi connectivity index (χ0) is 13.7. The van der Waals surface area contributed by atoms with E-state index in [0.29, 0.717) is 15.8 Å². The van der Waals surface area contributed by atoms with Crippen molar-refractivity contribution in [2.75, 3.05) is 13.7 Å². The lowest BCUT2D eigenvalue weighted by Gasteiger charge is -2.16. The van der Waals surface area contributed by atoms with Crippen molar-refractivity contribution in [1.82, 2.24) is 0 Å². The fourth-order valence-electron chi connectivity index (χ4n) is 1.43. The summed E-state index contributed by atoms with van der Waals surface area (Å²) in [7, 11) is 1.52. The normalized spacial score (nSPS) is 13.8. The molecule has 1 rings (SSSR count). The molecule has 100 valence electrons. The largest absolute Gasteiger partial charge is 0.496 e. The molecule has 4 nitrogen and oxygen atoms in total. The Morgan fingerprint density at radius 1 is 1.56 bits per heavy atom. The second-order valence-electron chi connectivity index (χ2n) is 3.57. The van der Waals surface area contributed by atoms with Gasteiger partial charge in [0.25, 0.3) is 0 Å². The third-order valence-electron chi connectivity index (χ3n) is 2.39. The van der Waals surface area contributed by atoms with Crippen molar-refractivity contribution in [3.05, 3.63) is 28.2 Å². The molecule has 1 aromatic rings. The van der Waals surface area contributed by atoms with Crippen LogP contribution >= 0.6 is 15.9 Å². The molecule has 18 heavy (non-hydrogen) atoms. The van der Waals surface area contributed by atoms with E-state index in [2.05, 4.69) is 20.7 Å². The molecule has 0 amide bonds. The lowest BCUT2D eigenvalue weighted by atomic mass is 10.0. The van der Waals surface area contributed by atoms with E-state index in [1.165, 1.54) is 7.11 Å². The highest BCUT2D eigenvalue weighted by Crippen LogP contribution is 2.29. The first-order chi connectivity index (χ1) is 8.51. The third kappa shape index (κ3) is 3.43. The van der Waals surface area contributed by atoms with Crippen LogP contribution in [0.5, 0.6) is 5.75 Å². The predicted octanol–water partition coefficient (Wildman–Crippen LogP) is 2.36. The molecule has 1 aromatic carbocycles. The molecule has 0 aliphatic carbocycles. The maximum absolute atomic E-state index is 13.7. The van der Waals surface area contributed by atoms with E-state index in [1.54, 1.807) is 25.1 Å². The highest BCUT2D eigenvalue weighted by Gasteiger charge is 2.28. The summed E-state index contributed by atoms with van der Waals surface area (Å²) in [6.45, 7) is 1.73. The topological polar surface area (TPSA) is 61.5 Å². The maximum Gasteiger partial charge on any atom is 0.342 e. The van der Waals surface area contributed by atoms with Crippen LogP contribution in [0.3, 0.4) is 0 Å². The molecule has 6 heteroatoms. The van der Waals surface area contributed by atoms with Crippen LogP contribution in [0, 0.1) is 0 Å². The molecule has 2 N–H and O–H groups in total. The number of benzene rings is 1. The van der Waals surface area contributed by atoms with Crippen molar-refractivity contribution >= 4 is 21.9 Å². The van der Waals surface area contributed by atoms with Gasteiger partial charge in [0, 0.05) is 0 Å². The smallest absolute Gasteiger partial charge is 0.342 e. The molecule has 0 saturated carbocycles. The maximum atomic E-state index is 13.7. The first kappa shape index (κ1) is 14.9. The van der Waals surface area contributed by atoms with Gasteiger partial charge in [-0.15, -0.1) is 0 Å². The van der Waals surface area contributed by atoms with Gasteiger partial charge in [-0.05, 0) is 40.5 Å². The lowest BCUT2D eigenvalue weighted by Crippen LogP contribution is -2.31. The van der Waals surface area contributed by atoms with Gasteiger partial charge in [-0.25, -0.2) is 9.18 Å². The van der Waals surface area contributed by atoms with Gasteiger partial charge >= 0.3 is 5.97 Å². The number of ether oxygens (including phenoxy) is 2. The third-order valence-corrected chi connectivity index (χ3v) is 3.01. The molecular weight excluding hydrogens is 305 g/mol. The SMILES string of the molecule is CCOC(=O)C(F)[C@H](N)c1ccc(OC)c(Br)c1. The molecule has 0 bridgehead atoms. The van der Waals surface area contributed by atoms with E-state index in [9.17, 15) is 9.18 Å². The number of hydrogen-bond acceptors (Lipinski definition) is 4.